The van der Waals surface area contributed by atoms with E-state index in [0.29, 0.717) is 12.5 Å². The third-order valence-corrected chi connectivity index (χ3v) is 2.47. The van der Waals surface area contributed by atoms with Crippen LogP contribution < -0.4 is 4.90 Å². The highest BCUT2D eigenvalue weighted by atomic mass is 35.5. The van der Waals surface area contributed by atoms with Crippen molar-refractivity contribution in [2.75, 3.05) is 45.2 Å². The molecule has 0 saturated carbocycles. The summed E-state index contributed by atoms with van der Waals surface area (Å²) in [5.74, 6) is 0.652. The Kier molecular flexibility index (Phi) is 5.04. The molecule has 1 fully saturated rings. The lowest BCUT2D eigenvalue weighted by atomic mass is 10.3. The molecular formula is C9H17ClN2O2+. The van der Waals surface area contributed by atoms with Crippen molar-refractivity contribution >= 4 is 17.7 Å². The highest BCUT2D eigenvalue weighted by Crippen LogP contribution is 2.01. The number of halogens is 1. The Hall–Kier alpha value is -0.480. The fraction of sp³-hybridized carbons (Fsp3) is 0.889. The molecule has 0 unspecified atom stereocenters. The molecule has 0 spiro atoms. The smallest absolute Gasteiger partial charge is 0.410 e. The van der Waals surface area contributed by atoms with Crippen molar-refractivity contribution < 1.29 is 9.53 Å². The molecule has 0 aromatic carbocycles. The largest absolute Gasteiger partial charge is 0.450 e. The summed E-state index contributed by atoms with van der Waals surface area (Å²) in [5.41, 5.74) is 0. The predicted octanol–water partition coefficient (Wildman–Crippen LogP) is 0.837. The molecule has 1 radical (unpaired) electrons. The Labute approximate surface area is 89.8 Å². The summed E-state index contributed by atoms with van der Waals surface area (Å²) in [6.07, 6.45) is -0.196. The zero-order chi connectivity index (χ0) is 10.4. The molecule has 0 N–H and O–H groups in total. The number of hydrogen-bond acceptors (Lipinski definition) is 3. The molecule has 0 aromatic rings. The van der Waals surface area contributed by atoms with Gasteiger partial charge in [0.05, 0.1) is 25.6 Å². The van der Waals surface area contributed by atoms with Crippen LogP contribution >= 0.6 is 11.6 Å². The summed E-state index contributed by atoms with van der Waals surface area (Å²) in [6, 6.07) is 0. The third kappa shape index (κ3) is 3.35. The number of ether oxygens (including phenoxy) is 1. The number of amides is 1. The van der Waals surface area contributed by atoms with Gasteiger partial charge in [-0.05, 0) is 6.92 Å². The molecule has 4 nitrogen and oxygen atoms in total. The normalized spacial score (nSPS) is 18.3. The lowest BCUT2D eigenvalue weighted by Crippen LogP contribution is -2.52. The number of nitrogens with zero attached hydrogens (tertiary/aromatic N) is 2. The van der Waals surface area contributed by atoms with Crippen LogP contribution in [0.5, 0.6) is 0 Å². The van der Waals surface area contributed by atoms with E-state index in [1.165, 1.54) is 0 Å². The third-order valence-electron chi connectivity index (χ3n) is 2.30. The summed E-state index contributed by atoms with van der Waals surface area (Å²) < 4.78 is 4.92. The van der Waals surface area contributed by atoms with Crippen LogP contribution in [0.3, 0.4) is 0 Å². The van der Waals surface area contributed by atoms with E-state index in [-0.39, 0.29) is 6.09 Å². The second kappa shape index (κ2) is 6.09. The number of carbonyl (C=O) groups excluding carboxylic acids is 1. The molecule has 1 heterocycles. The summed E-state index contributed by atoms with van der Waals surface area (Å²) in [6.45, 7) is 6.45. The SMILES string of the molecule is CCOC(=O)N1CC[N+](CCCl)CC1. The van der Waals surface area contributed by atoms with Crippen molar-refractivity contribution in [2.24, 2.45) is 0 Å². The highest BCUT2D eigenvalue weighted by Gasteiger charge is 2.27. The molecule has 0 atom stereocenters. The molecule has 1 saturated heterocycles. The Morgan fingerprint density at radius 1 is 1.50 bits per heavy atom. The van der Waals surface area contributed by atoms with Crippen LogP contribution in [0.15, 0.2) is 0 Å². The zero-order valence-electron chi connectivity index (χ0n) is 8.54. The van der Waals surface area contributed by atoms with Crippen LogP contribution in [0.1, 0.15) is 6.92 Å². The highest BCUT2D eigenvalue weighted by molar-refractivity contribution is 6.18. The molecule has 81 valence electrons. The molecule has 0 bridgehead atoms. The Morgan fingerprint density at radius 2 is 2.14 bits per heavy atom. The summed E-state index contributed by atoms with van der Waals surface area (Å²) >= 11 is 5.64. The second-order valence-electron chi connectivity index (χ2n) is 3.22. The minimum Gasteiger partial charge on any atom is -0.450 e. The molecule has 1 amide bonds. The van der Waals surface area contributed by atoms with E-state index in [0.717, 1.165) is 32.7 Å². The van der Waals surface area contributed by atoms with Gasteiger partial charge in [-0.25, -0.2) is 4.79 Å². The van der Waals surface area contributed by atoms with E-state index in [2.05, 4.69) is 4.90 Å². The van der Waals surface area contributed by atoms with Gasteiger partial charge >= 0.3 is 6.09 Å². The van der Waals surface area contributed by atoms with E-state index in [1.807, 2.05) is 6.92 Å². The first-order valence-electron chi connectivity index (χ1n) is 4.98. The maximum absolute atomic E-state index is 11.3. The molecular weight excluding hydrogens is 204 g/mol. The van der Waals surface area contributed by atoms with Crippen molar-refractivity contribution in [3.05, 3.63) is 0 Å². The van der Waals surface area contributed by atoms with E-state index in [1.54, 1.807) is 4.90 Å². The molecule has 14 heavy (non-hydrogen) atoms. The molecule has 0 aliphatic carbocycles. The van der Waals surface area contributed by atoms with Crippen LogP contribution in [0, 0.1) is 0 Å². The number of piperazine rings is 1. The van der Waals surface area contributed by atoms with Crippen molar-refractivity contribution in [1.82, 2.24) is 9.80 Å². The van der Waals surface area contributed by atoms with Crippen molar-refractivity contribution in [3.63, 3.8) is 0 Å². The van der Waals surface area contributed by atoms with E-state index >= 15 is 0 Å². The van der Waals surface area contributed by atoms with Gasteiger partial charge in [-0.15, -0.1) is 11.6 Å². The molecule has 1 aliphatic heterocycles. The molecule has 0 aromatic heterocycles. The minimum absolute atomic E-state index is 0.196. The first-order chi connectivity index (χ1) is 6.77. The van der Waals surface area contributed by atoms with Gasteiger partial charge in [0.1, 0.15) is 19.6 Å². The maximum atomic E-state index is 11.3. The van der Waals surface area contributed by atoms with Gasteiger partial charge in [-0.3, -0.25) is 4.90 Å². The second-order valence-corrected chi connectivity index (χ2v) is 3.59. The van der Waals surface area contributed by atoms with Crippen LogP contribution in [0.25, 0.3) is 0 Å². The van der Waals surface area contributed by atoms with Crippen LogP contribution in [0.4, 0.5) is 4.79 Å². The fourth-order valence-corrected chi connectivity index (χ4v) is 1.73. The Balaban J connectivity index is 2.24. The lowest BCUT2D eigenvalue weighted by molar-refractivity contribution is 0.0947. The van der Waals surface area contributed by atoms with Gasteiger partial charge in [0.25, 0.3) is 0 Å². The van der Waals surface area contributed by atoms with Crippen molar-refractivity contribution in [3.8, 4) is 0 Å². The van der Waals surface area contributed by atoms with Crippen LogP contribution in [-0.2, 0) is 4.74 Å². The van der Waals surface area contributed by atoms with Crippen LogP contribution in [0.2, 0.25) is 0 Å². The standard InChI is InChI=1S/C9H17ClN2O2/c1-2-14-9(13)12-7-5-11(4-3-10)6-8-12/h2-8H2,1H3/q+1. The number of hydrogen-bond donors (Lipinski definition) is 0. The summed E-state index contributed by atoms with van der Waals surface area (Å²) in [4.78, 5) is 15.3. The Bertz CT molecular complexity index is 182. The Morgan fingerprint density at radius 3 is 2.64 bits per heavy atom. The van der Waals surface area contributed by atoms with Gasteiger partial charge < -0.3 is 4.74 Å². The maximum Gasteiger partial charge on any atom is 0.410 e. The zero-order valence-corrected chi connectivity index (χ0v) is 9.29. The molecule has 1 aliphatic rings. The van der Waals surface area contributed by atoms with Gasteiger partial charge in [0, 0.05) is 0 Å². The van der Waals surface area contributed by atoms with Crippen molar-refractivity contribution in [1.29, 1.82) is 0 Å². The quantitative estimate of drug-likeness (QED) is 0.522. The number of carbonyl (C=O) groups is 1. The topological polar surface area (TPSA) is 35.4 Å². The van der Waals surface area contributed by atoms with Gasteiger partial charge in [-0.2, -0.15) is 4.90 Å². The monoisotopic (exact) mass is 220 g/mol. The lowest BCUT2D eigenvalue weighted by Gasteiger charge is -2.27. The minimum atomic E-state index is -0.196. The predicted molar refractivity (Wildman–Crippen MR) is 56.1 cm³/mol. The summed E-state index contributed by atoms with van der Waals surface area (Å²) in [5, 5.41) is 0. The molecule has 1 rings (SSSR count). The summed E-state index contributed by atoms with van der Waals surface area (Å²) in [7, 11) is 0. The van der Waals surface area contributed by atoms with E-state index in [9.17, 15) is 4.79 Å². The van der Waals surface area contributed by atoms with Crippen LogP contribution in [-0.4, -0.2) is 56.2 Å². The van der Waals surface area contributed by atoms with Gasteiger partial charge in [0.15, 0.2) is 0 Å². The van der Waals surface area contributed by atoms with Gasteiger partial charge in [-0.1, -0.05) is 0 Å². The first kappa shape index (κ1) is 11.6. The number of rotatable bonds is 3. The number of alkyl halides is 1. The van der Waals surface area contributed by atoms with E-state index < -0.39 is 0 Å². The van der Waals surface area contributed by atoms with Crippen molar-refractivity contribution in [2.45, 2.75) is 6.92 Å². The average molecular weight is 221 g/mol. The van der Waals surface area contributed by atoms with Gasteiger partial charge in [0.2, 0.25) is 0 Å². The van der Waals surface area contributed by atoms with E-state index in [4.69, 9.17) is 16.3 Å². The average Bonchev–Trinajstić information content (AvgIpc) is 2.20. The molecule has 5 heteroatoms. The first-order valence-corrected chi connectivity index (χ1v) is 5.51. The fourth-order valence-electron chi connectivity index (χ4n) is 1.49.